The highest BCUT2D eigenvalue weighted by Gasteiger charge is 2.23. The fraction of sp³-hybridized carbons (Fsp3) is 0.588. The summed E-state index contributed by atoms with van der Waals surface area (Å²) in [5.74, 6) is -0.297. The smallest absolute Gasteiger partial charge is 0.313 e. The molecule has 1 heterocycles. The maximum absolute atomic E-state index is 11.9. The van der Waals surface area contributed by atoms with Crippen molar-refractivity contribution >= 4 is 17.5 Å². The van der Waals surface area contributed by atoms with Crippen molar-refractivity contribution in [1.29, 1.82) is 0 Å². The van der Waals surface area contributed by atoms with E-state index in [1.807, 2.05) is 6.92 Å². The number of aryl methyl sites for hydroxylation is 1. The van der Waals surface area contributed by atoms with Gasteiger partial charge in [0, 0.05) is 25.4 Å². The van der Waals surface area contributed by atoms with Crippen LogP contribution in [0, 0.1) is 11.8 Å². The Labute approximate surface area is 136 Å². The lowest BCUT2D eigenvalue weighted by Crippen LogP contribution is -2.40. The topological polar surface area (TPSA) is 80.2 Å². The summed E-state index contributed by atoms with van der Waals surface area (Å²) in [6.45, 7) is 5.09. The predicted molar refractivity (Wildman–Crippen MR) is 89.1 cm³/mol. The molecule has 126 valence electrons. The first kappa shape index (κ1) is 17.2. The van der Waals surface area contributed by atoms with Gasteiger partial charge in [-0.05, 0) is 31.2 Å². The van der Waals surface area contributed by atoms with E-state index < -0.39 is 11.8 Å². The number of nitrogens with one attached hydrogen (secondary N) is 2. The molecule has 0 bridgehead atoms. The Morgan fingerprint density at radius 3 is 2.65 bits per heavy atom. The highest BCUT2D eigenvalue weighted by molar-refractivity contribution is 6.39. The third-order valence-electron chi connectivity index (χ3n) is 4.60. The molecule has 23 heavy (non-hydrogen) atoms. The largest absolute Gasteiger partial charge is 0.348 e. The molecule has 1 aliphatic rings. The van der Waals surface area contributed by atoms with Crippen LogP contribution in [0.25, 0.3) is 0 Å². The SMILES string of the molecule is CCn1cc(NC(=O)C(=O)NC[C@H]2CCCC[C@@H]2C)ccc1=O. The van der Waals surface area contributed by atoms with Gasteiger partial charge in [0.15, 0.2) is 0 Å². The van der Waals surface area contributed by atoms with Gasteiger partial charge in [-0.2, -0.15) is 0 Å². The average molecular weight is 319 g/mol. The van der Waals surface area contributed by atoms with Crippen molar-refractivity contribution in [3.8, 4) is 0 Å². The molecular formula is C17H25N3O3. The van der Waals surface area contributed by atoms with E-state index in [4.69, 9.17) is 0 Å². The molecule has 6 heteroatoms. The van der Waals surface area contributed by atoms with Gasteiger partial charge in [-0.25, -0.2) is 0 Å². The molecule has 2 amide bonds. The summed E-state index contributed by atoms with van der Waals surface area (Å²) in [6.07, 6.45) is 6.27. The van der Waals surface area contributed by atoms with Crippen LogP contribution in [-0.4, -0.2) is 22.9 Å². The number of carbonyl (C=O) groups is 2. The molecule has 1 aromatic rings. The highest BCUT2D eigenvalue weighted by Crippen LogP contribution is 2.28. The third kappa shape index (κ3) is 4.68. The van der Waals surface area contributed by atoms with Crippen LogP contribution in [-0.2, 0) is 16.1 Å². The summed E-state index contributed by atoms with van der Waals surface area (Å²) < 4.78 is 1.47. The van der Waals surface area contributed by atoms with Crippen molar-refractivity contribution in [3.05, 3.63) is 28.7 Å². The van der Waals surface area contributed by atoms with E-state index in [1.165, 1.54) is 42.2 Å². The second kappa shape index (κ2) is 7.94. The zero-order valence-electron chi connectivity index (χ0n) is 13.8. The zero-order valence-corrected chi connectivity index (χ0v) is 13.8. The van der Waals surface area contributed by atoms with Crippen LogP contribution in [0.5, 0.6) is 0 Å². The third-order valence-corrected chi connectivity index (χ3v) is 4.60. The van der Waals surface area contributed by atoms with Crippen LogP contribution in [0.15, 0.2) is 23.1 Å². The Hall–Kier alpha value is -2.11. The van der Waals surface area contributed by atoms with Crippen molar-refractivity contribution in [3.63, 3.8) is 0 Å². The summed E-state index contributed by atoms with van der Waals surface area (Å²) in [4.78, 5) is 35.4. The Bertz CT molecular complexity index is 624. The fourth-order valence-corrected chi connectivity index (χ4v) is 3.04. The molecular weight excluding hydrogens is 294 g/mol. The van der Waals surface area contributed by atoms with Gasteiger partial charge in [-0.15, -0.1) is 0 Å². The number of rotatable bonds is 4. The first-order chi connectivity index (χ1) is 11.0. The summed E-state index contributed by atoms with van der Waals surface area (Å²) in [6, 6.07) is 2.88. The zero-order chi connectivity index (χ0) is 16.8. The van der Waals surface area contributed by atoms with Crippen LogP contribution in [0.4, 0.5) is 5.69 Å². The quantitative estimate of drug-likeness (QED) is 0.830. The Kier molecular flexibility index (Phi) is 5.96. The molecule has 1 aromatic heterocycles. The van der Waals surface area contributed by atoms with Gasteiger partial charge in [0.1, 0.15) is 0 Å². The Balaban J connectivity index is 1.87. The highest BCUT2D eigenvalue weighted by atomic mass is 16.2. The molecule has 0 spiro atoms. The van der Waals surface area contributed by atoms with Crippen LogP contribution >= 0.6 is 0 Å². The second-order valence-corrected chi connectivity index (χ2v) is 6.23. The predicted octanol–water partition coefficient (Wildman–Crippen LogP) is 1.75. The Morgan fingerprint density at radius 2 is 1.96 bits per heavy atom. The molecule has 1 aliphatic carbocycles. The van der Waals surface area contributed by atoms with Gasteiger partial charge in [-0.1, -0.05) is 26.2 Å². The summed E-state index contributed by atoms with van der Waals surface area (Å²) >= 11 is 0. The minimum atomic E-state index is -0.699. The van der Waals surface area contributed by atoms with Crippen LogP contribution in [0.1, 0.15) is 39.5 Å². The minimum absolute atomic E-state index is 0.138. The number of carbonyl (C=O) groups excluding carboxylic acids is 2. The molecule has 1 saturated carbocycles. The van der Waals surface area contributed by atoms with E-state index in [2.05, 4.69) is 17.6 Å². The summed E-state index contributed by atoms with van der Waals surface area (Å²) in [5.41, 5.74) is 0.305. The number of anilines is 1. The molecule has 0 saturated heterocycles. The van der Waals surface area contributed by atoms with Gasteiger partial charge in [-0.3, -0.25) is 14.4 Å². The van der Waals surface area contributed by atoms with E-state index in [-0.39, 0.29) is 5.56 Å². The van der Waals surface area contributed by atoms with Crippen molar-refractivity contribution in [1.82, 2.24) is 9.88 Å². The fourth-order valence-electron chi connectivity index (χ4n) is 3.04. The van der Waals surface area contributed by atoms with Gasteiger partial charge >= 0.3 is 11.8 Å². The number of pyridine rings is 1. The van der Waals surface area contributed by atoms with E-state index >= 15 is 0 Å². The number of hydrogen-bond acceptors (Lipinski definition) is 3. The maximum Gasteiger partial charge on any atom is 0.313 e. The first-order valence-corrected chi connectivity index (χ1v) is 8.31. The summed E-state index contributed by atoms with van der Waals surface area (Å²) in [5, 5.41) is 5.26. The molecule has 0 aromatic carbocycles. The molecule has 6 nitrogen and oxygen atoms in total. The lowest BCUT2D eigenvalue weighted by Gasteiger charge is -2.28. The van der Waals surface area contributed by atoms with Crippen molar-refractivity contribution in [2.45, 2.75) is 46.1 Å². The molecule has 0 unspecified atom stereocenters. The van der Waals surface area contributed by atoms with Gasteiger partial charge in [0.2, 0.25) is 0 Å². The van der Waals surface area contributed by atoms with E-state index in [9.17, 15) is 14.4 Å². The number of nitrogens with zero attached hydrogens (tertiary/aromatic N) is 1. The summed E-state index contributed by atoms with van der Waals surface area (Å²) in [7, 11) is 0. The molecule has 2 rings (SSSR count). The molecule has 2 N–H and O–H groups in total. The molecule has 2 atom stereocenters. The van der Waals surface area contributed by atoms with Crippen molar-refractivity contribution < 1.29 is 9.59 Å². The normalized spacial score (nSPS) is 20.8. The second-order valence-electron chi connectivity index (χ2n) is 6.23. The molecule has 0 radical (unpaired) electrons. The number of aromatic nitrogens is 1. The monoisotopic (exact) mass is 319 g/mol. The van der Waals surface area contributed by atoms with E-state index in [0.717, 1.165) is 6.42 Å². The van der Waals surface area contributed by atoms with Gasteiger partial charge in [0.25, 0.3) is 5.56 Å². The van der Waals surface area contributed by atoms with E-state index in [0.29, 0.717) is 30.6 Å². The van der Waals surface area contributed by atoms with Crippen LogP contribution in [0.3, 0.4) is 0 Å². The Morgan fingerprint density at radius 1 is 1.22 bits per heavy atom. The molecule has 0 aliphatic heterocycles. The van der Waals surface area contributed by atoms with Crippen LogP contribution in [0.2, 0.25) is 0 Å². The average Bonchev–Trinajstić information content (AvgIpc) is 2.55. The van der Waals surface area contributed by atoms with Crippen molar-refractivity contribution in [2.75, 3.05) is 11.9 Å². The van der Waals surface area contributed by atoms with Gasteiger partial charge in [0.05, 0.1) is 5.69 Å². The number of hydrogen-bond donors (Lipinski definition) is 2. The molecule has 1 fully saturated rings. The maximum atomic E-state index is 11.9. The lowest BCUT2D eigenvalue weighted by atomic mass is 9.80. The lowest BCUT2D eigenvalue weighted by molar-refractivity contribution is -0.136. The first-order valence-electron chi connectivity index (χ1n) is 8.31. The van der Waals surface area contributed by atoms with E-state index in [1.54, 1.807) is 0 Å². The number of amides is 2. The van der Waals surface area contributed by atoms with Crippen molar-refractivity contribution in [2.24, 2.45) is 11.8 Å². The minimum Gasteiger partial charge on any atom is -0.348 e. The van der Waals surface area contributed by atoms with Crippen LogP contribution < -0.4 is 16.2 Å². The van der Waals surface area contributed by atoms with Gasteiger partial charge < -0.3 is 15.2 Å². The standard InChI is InChI=1S/C17H25N3O3/c1-3-20-11-14(8-9-15(20)21)19-17(23)16(22)18-10-13-7-5-4-6-12(13)2/h8-9,11-13H,3-7,10H2,1-2H3,(H,18,22)(H,19,23)/t12-,13+/m0/s1.